The number of halogens is 1. The van der Waals surface area contributed by atoms with Crippen molar-refractivity contribution < 1.29 is 4.42 Å². The summed E-state index contributed by atoms with van der Waals surface area (Å²) in [5.74, 6) is 2.51. The average Bonchev–Trinajstić information content (AvgIpc) is 3.37. The van der Waals surface area contributed by atoms with Crippen LogP contribution in [-0.2, 0) is 6.42 Å². The maximum absolute atomic E-state index is 5.71. The van der Waals surface area contributed by atoms with E-state index in [0.717, 1.165) is 44.3 Å². The maximum Gasteiger partial charge on any atom is 0.191 e. The molecule has 1 aliphatic carbocycles. The highest BCUT2D eigenvalue weighted by atomic mass is 127. The number of hydrogen-bond donors (Lipinski definition) is 2. The molecule has 0 radical (unpaired) electrons. The summed E-state index contributed by atoms with van der Waals surface area (Å²) in [5, 5.41) is 6.94. The monoisotopic (exact) mass is 494 g/mol. The SMILES string of the molecule is CCNC(=NCC(c1ccco1)N1CCCC1)NCC1Cc2ccccc21.I. The molecule has 152 valence electrons. The van der Waals surface area contributed by atoms with Gasteiger partial charge in [-0.1, -0.05) is 24.3 Å². The molecule has 4 rings (SSSR count). The van der Waals surface area contributed by atoms with Crippen LogP contribution in [0.4, 0.5) is 0 Å². The number of hydrogen-bond acceptors (Lipinski definition) is 3. The van der Waals surface area contributed by atoms with Gasteiger partial charge in [0.25, 0.3) is 0 Å². The van der Waals surface area contributed by atoms with Gasteiger partial charge in [-0.25, -0.2) is 0 Å². The Morgan fingerprint density at radius 2 is 2.00 bits per heavy atom. The average molecular weight is 494 g/mol. The van der Waals surface area contributed by atoms with E-state index in [0.29, 0.717) is 12.5 Å². The molecule has 1 aliphatic heterocycles. The first-order valence-electron chi connectivity index (χ1n) is 10.2. The van der Waals surface area contributed by atoms with Crippen LogP contribution in [0.15, 0.2) is 52.1 Å². The lowest BCUT2D eigenvalue weighted by molar-refractivity contribution is 0.221. The van der Waals surface area contributed by atoms with E-state index in [1.807, 2.05) is 6.07 Å². The van der Waals surface area contributed by atoms with Gasteiger partial charge in [-0.15, -0.1) is 24.0 Å². The van der Waals surface area contributed by atoms with Gasteiger partial charge in [-0.05, 0) is 62.5 Å². The molecule has 2 N–H and O–H groups in total. The zero-order chi connectivity index (χ0) is 18.5. The predicted molar refractivity (Wildman–Crippen MR) is 125 cm³/mol. The zero-order valence-electron chi connectivity index (χ0n) is 16.6. The van der Waals surface area contributed by atoms with Crippen LogP contribution < -0.4 is 10.6 Å². The van der Waals surface area contributed by atoms with E-state index < -0.39 is 0 Å². The number of likely N-dealkylation sites (tertiary alicyclic amines) is 1. The number of rotatable bonds is 7. The highest BCUT2D eigenvalue weighted by Gasteiger charge is 2.27. The quantitative estimate of drug-likeness (QED) is 0.348. The second-order valence-corrected chi connectivity index (χ2v) is 7.47. The van der Waals surface area contributed by atoms with E-state index in [1.165, 1.54) is 24.0 Å². The second-order valence-electron chi connectivity index (χ2n) is 7.47. The molecule has 1 aromatic carbocycles. The largest absolute Gasteiger partial charge is 0.468 e. The van der Waals surface area contributed by atoms with Gasteiger partial charge in [-0.3, -0.25) is 9.89 Å². The lowest BCUT2D eigenvalue weighted by atomic mass is 9.78. The summed E-state index contributed by atoms with van der Waals surface area (Å²) in [5.41, 5.74) is 2.96. The van der Waals surface area contributed by atoms with Crippen LogP contribution in [-0.4, -0.2) is 43.6 Å². The summed E-state index contributed by atoms with van der Waals surface area (Å²) in [6.07, 6.45) is 5.45. The molecule has 0 spiro atoms. The van der Waals surface area contributed by atoms with Crippen LogP contribution >= 0.6 is 24.0 Å². The van der Waals surface area contributed by atoms with Crippen molar-refractivity contribution in [3.05, 3.63) is 59.5 Å². The van der Waals surface area contributed by atoms with E-state index in [-0.39, 0.29) is 30.0 Å². The second kappa shape index (κ2) is 10.3. The van der Waals surface area contributed by atoms with Crippen molar-refractivity contribution in [2.75, 3.05) is 32.7 Å². The molecule has 0 amide bonds. The number of benzene rings is 1. The van der Waals surface area contributed by atoms with Crippen molar-refractivity contribution in [1.82, 2.24) is 15.5 Å². The van der Waals surface area contributed by atoms with Gasteiger partial charge < -0.3 is 15.1 Å². The first kappa shape index (κ1) is 21.2. The van der Waals surface area contributed by atoms with Gasteiger partial charge in [0, 0.05) is 19.0 Å². The molecule has 0 saturated carbocycles. The van der Waals surface area contributed by atoms with Crippen molar-refractivity contribution in [2.45, 2.75) is 38.1 Å². The summed E-state index contributed by atoms with van der Waals surface area (Å²) < 4.78 is 5.71. The van der Waals surface area contributed by atoms with E-state index in [2.05, 4.69) is 52.8 Å². The number of nitrogens with one attached hydrogen (secondary N) is 2. The van der Waals surface area contributed by atoms with Crippen LogP contribution in [0.1, 0.15) is 48.6 Å². The molecule has 2 atom stereocenters. The summed E-state index contributed by atoms with van der Waals surface area (Å²) in [6, 6.07) is 13.0. The van der Waals surface area contributed by atoms with Gasteiger partial charge in [0.2, 0.25) is 0 Å². The third kappa shape index (κ3) is 4.89. The molecule has 6 heteroatoms. The highest BCUT2D eigenvalue weighted by Crippen LogP contribution is 2.34. The zero-order valence-corrected chi connectivity index (χ0v) is 18.9. The first-order chi connectivity index (χ1) is 13.3. The molecule has 5 nitrogen and oxygen atoms in total. The van der Waals surface area contributed by atoms with E-state index in [4.69, 9.17) is 9.41 Å². The van der Waals surface area contributed by atoms with Gasteiger partial charge in [-0.2, -0.15) is 0 Å². The van der Waals surface area contributed by atoms with Crippen LogP contribution in [0.3, 0.4) is 0 Å². The van der Waals surface area contributed by atoms with Crippen molar-refractivity contribution in [3.63, 3.8) is 0 Å². The minimum atomic E-state index is 0. The van der Waals surface area contributed by atoms with Crippen molar-refractivity contribution in [1.29, 1.82) is 0 Å². The van der Waals surface area contributed by atoms with Crippen LogP contribution in [0.2, 0.25) is 0 Å². The highest BCUT2D eigenvalue weighted by molar-refractivity contribution is 14.0. The Bertz CT molecular complexity index is 756. The van der Waals surface area contributed by atoms with Gasteiger partial charge in [0.05, 0.1) is 18.8 Å². The fourth-order valence-electron chi connectivity index (χ4n) is 4.20. The number of guanidine groups is 1. The van der Waals surface area contributed by atoms with Crippen LogP contribution in [0, 0.1) is 0 Å². The Labute approximate surface area is 185 Å². The lowest BCUT2D eigenvalue weighted by Crippen LogP contribution is -2.41. The minimum absolute atomic E-state index is 0. The molecule has 1 aromatic heterocycles. The molecule has 1 saturated heterocycles. The fourth-order valence-corrected chi connectivity index (χ4v) is 4.20. The molecule has 2 heterocycles. The Morgan fingerprint density at radius 3 is 2.71 bits per heavy atom. The van der Waals surface area contributed by atoms with Crippen LogP contribution in [0.5, 0.6) is 0 Å². The third-order valence-corrected chi connectivity index (χ3v) is 5.70. The Hall–Kier alpha value is -1.54. The smallest absolute Gasteiger partial charge is 0.191 e. The summed E-state index contributed by atoms with van der Waals surface area (Å²) in [6.45, 7) is 6.87. The van der Waals surface area contributed by atoms with Gasteiger partial charge in [0.15, 0.2) is 5.96 Å². The molecular formula is C22H31IN4O. The molecule has 0 bridgehead atoms. The summed E-state index contributed by atoms with van der Waals surface area (Å²) in [4.78, 5) is 7.39. The standard InChI is InChI=1S/C22H30N4O.HI/c1-2-23-22(24-15-18-14-17-8-3-4-9-19(17)18)25-16-20(21-10-7-13-27-21)26-11-5-6-12-26;/h3-4,7-10,13,18,20H,2,5-6,11-12,14-16H2,1H3,(H2,23,24,25);1H. The van der Waals surface area contributed by atoms with E-state index in [9.17, 15) is 0 Å². The Kier molecular flexibility index (Phi) is 7.79. The third-order valence-electron chi connectivity index (χ3n) is 5.70. The van der Waals surface area contributed by atoms with Crippen molar-refractivity contribution >= 4 is 29.9 Å². The van der Waals surface area contributed by atoms with E-state index in [1.54, 1.807) is 6.26 Å². The predicted octanol–water partition coefficient (Wildman–Crippen LogP) is 3.93. The first-order valence-corrected chi connectivity index (χ1v) is 10.2. The molecule has 2 unspecified atom stereocenters. The molecule has 2 aliphatic rings. The van der Waals surface area contributed by atoms with Crippen molar-refractivity contribution in [3.8, 4) is 0 Å². The van der Waals surface area contributed by atoms with Gasteiger partial charge in [0.1, 0.15) is 5.76 Å². The molecule has 2 aromatic rings. The number of aliphatic imine (C=N–C) groups is 1. The van der Waals surface area contributed by atoms with Crippen molar-refractivity contribution in [2.24, 2.45) is 4.99 Å². The topological polar surface area (TPSA) is 52.8 Å². The summed E-state index contributed by atoms with van der Waals surface area (Å²) in [7, 11) is 0. The maximum atomic E-state index is 5.71. The fraction of sp³-hybridized carbons (Fsp3) is 0.500. The van der Waals surface area contributed by atoms with Crippen LogP contribution in [0.25, 0.3) is 0 Å². The van der Waals surface area contributed by atoms with Gasteiger partial charge >= 0.3 is 0 Å². The number of furan rings is 1. The Morgan fingerprint density at radius 1 is 1.18 bits per heavy atom. The number of nitrogens with zero attached hydrogens (tertiary/aromatic N) is 2. The molecule has 1 fully saturated rings. The molecular weight excluding hydrogens is 463 g/mol. The Balaban J connectivity index is 0.00000225. The summed E-state index contributed by atoms with van der Waals surface area (Å²) >= 11 is 0. The normalized spacial score (nSPS) is 20.0. The lowest BCUT2D eigenvalue weighted by Gasteiger charge is -2.31. The number of fused-ring (bicyclic) bond motifs is 1. The minimum Gasteiger partial charge on any atom is -0.468 e. The van der Waals surface area contributed by atoms with E-state index >= 15 is 0 Å². The molecule has 28 heavy (non-hydrogen) atoms.